The molecule has 24 heavy (non-hydrogen) atoms. The van der Waals surface area contributed by atoms with Gasteiger partial charge in [0.05, 0.1) is 22.6 Å². The van der Waals surface area contributed by atoms with Crippen LogP contribution in [0.2, 0.25) is 0 Å². The smallest absolute Gasteiger partial charge is 0.166 e. The average molecular weight is 436 g/mol. The number of rotatable bonds is 4. The molecule has 1 aliphatic rings. The van der Waals surface area contributed by atoms with Gasteiger partial charge >= 0.3 is 0 Å². The highest BCUT2D eigenvalue weighted by Crippen LogP contribution is 2.34. The summed E-state index contributed by atoms with van der Waals surface area (Å²) in [7, 11) is 0. The fraction of sp³-hybridized carbons (Fsp3) is 0.500. The lowest BCUT2D eigenvalue weighted by Gasteiger charge is -2.25. The first-order chi connectivity index (χ1) is 11.4. The van der Waals surface area contributed by atoms with Gasteiger partial charge in [-0.25, -0.2) is 4.68 Å². The third-order valence-electron chi connectivity index (χ3n) is 4.85. The third-order valence-corrected chi connectivity index (χ3v) is 5.57. The molecule has 0 radical (unpaired) electrons. The molecule has 2 aromatic rings. The van der Waals surface area contributed by atoms with E-state index in [1.54, 1.807) is 0 Å². The number of aromatic nitrogens is 2. The van der Waals surface area contributed by atoms with Crippen molar-refractivity contribution in [1.82, 2.24) is 9.78 Å². The SMILES string of the molecule is CC(C)Cc1nn(-c2ccc(I)cc2)c2c1C(=O)CC(C(C)C)C2. The zero-order chi connectivity index (χ0) is 17.4. The van der Waals surface area contributed by atoms with Gasteiger partial charge in [0.1, 0.15) is 0 Å². The van der Waals surface area contributed by atoms with Crippen molar-refractivity contribution >= 4 is 28.4 Å². The number of fused-ring (bicyclic) bond motifs is 1. The highest BCUT2D eigenvalue weighted by atomic mass is 127. The summed E-state index contributed by atoms with van der Waals surface area (Å²) >= 11 is 2.31. The highest BCUT2D eigenvalue weighted by molar-refractivity contribution is 14.1. The van der Waals surface area contributed by atoms with Crippen LogP contribution in [0.1, 0.15) is 55.9 Å². The van der Waals surface area contributed by atoms with E-state index in [9.17, 15) is 4.79 Å². The minimum absolute atomic E-state index is 0.280. The normalized spacial score (nSPS) is 17.6. The molecule has 0 spiro atoms. The van der Waals surface area contributed by atoms with Crippen LogP contribution in [0.5, 0.6) is 0 Å². The van der Waals surface area contributed by atoms with Crippen molar-refractivity contribution in [3.8, 4) is 5.69 Å². The lowest BCUT2D eigenvalue weighted by molar-refractivity contribution is 0.0931. The quantitative estimate of drug-likeness (QED) is 0.627. The van der Waals surface area contributed by atoms with Gasteiger partial charge < -0.3 is 0 Å². The first-order valence-electron chi connectivity index (χ1n) is 8.76. The lowest BCUT2D eigenvalue weighted by atomic mass is 9.79. The van der Waals surface area contributed by atoms with Gasteiger partial charge in [-0.1, -0.05) is 27.7 Å². The van der Waals surface area contributed by atoms with Crippen LogP contribution in [0.25, 0.3) is 5.69 Å². The van der Waals surface area contributed by atoms with Crippen molar-refractivity contribution in [3.05, 3.63) is 44.8 Å². The van der Waals surface area contributed by atoms with E-state index in [-0.39, 0.29) is 5.78 Å². The van der Waals surface area contributed by atoms with E-state index in [0.717, 1.165) is 35.5 Å². The van der Waals surface area contributed by atoms with Gasteiger partial charge in [-0.3, -0.25) is 4.79 Å². The number of ketones is 1. The lowest BCUT2D eigenvalue weighted by Crippen LogP contribution is -2.25. The van der Waals surface area contributed by atoms with Gasteiger partial charge in [-0.05, 0) is 77.5 Å². The number of carbonyl (C=O) groups excluding carboxylic acids is 1. The molecular formula is C20H25IN2O. The molecule has 0 saturated heterocycles. The summed E-state index contributed by atoms with van der Waals surface area (Å²) in [5, 5.41) is 4.87. The second-order valence-corrected chi connectivity index (χ2v) is 8.84. The highest BCUT2D eigenvalue weighted by Gasteiger charge is 2.33. The standard InChI is InChI=1S/C20H25IN2O/c1-12(2)9-17-20-18(10-14(13(3)4)11-19(20)24)23(22-17)16-7-5-15(21)6-8-16/h5-8,12-14H,9-11H2,1-4H3. The summed E-state index contributed by atoms with van der Waals surface area (Å²) < 4.78 is 3.23. The first-order valence-corrected chi connectivity index (χ1v) is 9.84. The molecule has 0 N–H and O–H groups in total. The van der Waals surface area contributed by atoms with E-state index in [1.807, 2.05) is 4.68 Å². The van der Waals surface area contributed by atoms with Crippen molar-refractivity contribution in [3.63, 3.8) is 0 Å². The summed E-state index contributed by atoms with van der Waals surface area (Å²) in [6.45, 7) is 8.79. The van der Waals surface area contributed by atoms with Crippen LogP contribution in [0.3, 0.4) is 0 Å². The van der Waals surface area contributed by atoms with Crippen LogP contribution in [0.15, 0.2) is 24.3 Å². The Kier molecular flexibility index (Phi) is 5.13. The molecular weight excluding hydrogens is 411 g/mol. The van der Waals surface area contributed by atoms with Crippen LogP contribution in [0, 0.1) is 21.3 Å². The molecule has 1 aliphatic carbocycles. The predicted molar refractivity (Wildman–Crippen MR) is 106 cm³/mol. The zero-order valence-electron chi connectivity index (χ0n) is 14.8. The number of carbonyl (C=O) groups is 1. The van der Waals surface area contributed by atoms with Crippen LogP contribution in [-0.2, 0) is 12.8 Å². The average Bonchev–Trinajstić information content (AvgIpc) is 2.86. The molecule has 0 fully saturated rings. The van der Waals surface area contributed by atoms with Crippen LogP contribution >= 0.6 is 22.6 Å². The Morgan fingerprint density at radius 2 is 1.83 bits per heavy atom. The maximum Gasteiger partial charge on any atom is 0.166 e. The van der Waals surface area contributed by atoms with Crippen molar-refractivity contribution in [1.29, 1.82) is 0 Å². The third kappa shape index (κ3) is 3.44. The number of Topliss-reactive ketones (excluding diaryl/α,β-unsaturated/α-hetero) is 1. The maximum absolute atomic E-state index is 12.8. The Morgan fingerprint density at radius 1 is 1.17 bits per heavy atom. The number of halogens is 1. The minimum atomic E-state index is 0.280. The fourth-order valence-electron chi connectivity index (χ4n) is 3.47. The van der Waals surface area contributed by atoms with Crippen LogP contribution < -0.4 is 0 Å². The van der Waals surface area contributed by atoms with Gasteiger partial charge in [0.25, 0.3) is 0 Å². The molecule has 1 aromatic carbocycles. The predicted octanol–water partition coefficient (Wildman–Crippen LogP) is 5.08. The number of nitrogens with zero attached hydrogens (tertiary/aromatic N) is 2. The van der Waals surface area contributed by atoms with E-state index < -0.39 is 0 Å². The Morgan fingerprint density at radius 3 is 2.42 bits per heavy atom. The van der Waals surface area contributed by atoms with Crippen molar-refractivity contribution in [2.45, 2.75) is 47.0 Å². The van der Waals surface area contributed by atoms with E-state index >= 15 is 0 Å². The molecule has 1 atom stereocenters. The molecule has 1 heterocycles. The van der Waals surface area contributed by atoms with E-state index in [2.05, 4.69) is 74.6 Å². The van der Waals surface area contributed by atoms with Crippen molar-refractivity contribution in [2.75, 3.05) is 0 Å². The number of hydrogen-bond donors (Lipinski definition) is 0. The first kappa shape index (κ1) is 17.6. The van der Waals surface area contributed by atoms with Crippen molar-refractivity contribution in [2.24, 2.45) is 17.8 Å². The Labute approximate surface area is 158 Å². The number of benzene rings is 1. The summed E-state index contributed by atoms with van der Waals surface area (Å²) in [6.07, 6.45) is 2.46. The monoisotopic (exact) mass is 436 g/mol. The number of hydrogen-bond acceptors (Lipinski definition) is 2. The Hall–Kier alpha value is -1.17. The minimum Gasteiger partial charge on any atom is -0.294 e. The van der Waals surface area contributed by atoms with E-state index in [4.69, 9.17) is 5.10 Å². The van der Waals surface area contributed by atoms with Gasteiger partial charge in [-0.15, -0.1) is 0 Å². The Bertz CT molecular complexity index is 744. The molecule has 128 valence electrons. The molecule has 1 unspecified atom stereocenters. The second kappa shape index (κ2) is 6.98. The van der Waals surface area contributed by atoms with E-state index in [1.165, 1.54) is 3.57 Å². The molecule has 4 heteroatoms. The van der Waals surface area contributed by atoms with Crippen molar-refractivity contribution < 1.29 is 4.79 Å². The fourth-order valence-corrected chi connectivity index (χ4v) is 3.83. The van der Waals surface area contributed by atoms with Crippen LogP contribution in [-0.4, -0.2) is 15.6 Å². The molecule has 3 rings (SSSR count). The Balaban J connectivity index is 2.12. The van der Waals surface area contributed by atoms with Gasteiger partial charge in [0.15, 0.2) is 5.78 Å². The summed E-state index contributed by atoms with van der Waals surface area (Å²) in [5.41, 5.74) is 4.05. The summed E-state index contributed by atoms with van der Waals surface area (Å²) in [4.78, 5) is 12.8. The largest absolute Gasteiger partial charge is 0.294 e. The molecule has 0 bridgehead atoms. The van der Waals surface area contributed by atoms with Gasteiger partial charge in [-0.2, -0.15) is 5.10 Å². The van der Waals surface area contributed by atoms with Crippen LogP contribution in [0.4, 0.5) is 0 Å². The summed E-state index contributed by atoms with van der Waals surface area (Å²) in [5.74, 6) is 1.69. The maximum atomic E-state index is 12.8. The molecule has 0 saturated carbocycles. The molecule has 1 aromatic heterocycles. The molecule has 3 nitrogen and oxygen atoms in total. The zero-order valence-corrected chi connectivity index (χ0v) is 17.0. The van der Waals surface area contributed by atoms with Gasteiger partial charge in [0, 0.05) is 9.99 Å². The molecule has 0 aliphatic heterocycles. The topological polar surface area (TPSA) is 34.9 Å². The van der Waals surface area contributed by atoms with E-state index in [0.29, 0.717) is 24.2 Å². The second-order valence-electron chi connectivity index (χ2n) is 7.59. The van der Waals surface area contributed by atoms with Gasteiger partial charge in [0.2, 0.25) is 0 Å². The molecule has 0 amide bonds. The summed E-state index contributed by atoms with van der Waals surface area (Å²) in [6, 6.07) is 8.38.